The van der Waals surface area contributed by atoms with E-state index in [1.807, 2.05) is 0 Å². The van der Waals surface area contributed by atoms with Crippen LogP contribution in [0.4, 0.5) is 0 Å². The van der Waals surface area contributed by atoms with E-state index in [4.69, 9.17) is 66.3 Å². The lowest BCUT2D eigenvalue weighted by molar-refractivity contribution is -0.347. The van der Waals surface area contributed by atoms with E-state index in [1.165, 1.54) is 0 Å². The highest BCUT2D eigenvalue weighted by Gasteiger charge is 2.73. The molecule has 18 heteroatoms. The largest absolute Gasteiger partial charge is 0.394 e. The van der Waals surface area contributed by atoms with Crippen LogP contribution < -0.4 is 0 Å². The van der Waals surface area contributed by atoms with Gasteiger partial charge in [0, 0.05) is 77.0 Å². The van der Waals surface area contributed by atoms with Crippen LogP contribution in [-0.4, -0.2) is 191 Å². The lowest BCUT2D eigenvalue weighted by atomic mass is 9.72. The van der Waals surface area contributed by atoms with E-state index in [2.05, 4.69) is 47.8 Å². The maximum atomic E-state index is 14.8. The molecule has 18 nitrogen and oxygen atoms in total. The average Bonchev–Trinajstić information content (AvgIpc) is 4.40. The van der Waals surface area contributed by atoms with Crippen molar-refractivity contribution in [3.05, 3.63) is 24.3 Å². The van der Waals surface area contributed by atoms with Gasteiger partial charge in [0.25, 0.3) is 0 Å². The highest BCUT2D eigenvalue weighted by Crippen LogP contribution is 2.60. The van der Waals surface area contributed by atoms with Crippen LogP contribution >= 0.6 is 0 Å². The highest BCUT2D eigenvalue weighted by atomic mass is 16.8. The van der Waals surface area contributed by atoms with Gasteiger partial charge < -0.3 is 81.6 Å². The van der Waals surface area contributed by atoms with Crippen molar-refractivity contribution in [1.82, 2.24) is 0 Å². The number of hydrogen-bond donors (Lipinski definition) is 3. The van der Waals surface area contributed by atoms with Gasteiger partial charge in [-0.25, -0.2) is 0 Å². The lowest BCUT2D eigenvalue weighted by Crippen LogP contribution is -2.62. The van der Waals surface area contributed by atoms with Gasteiger partial charge in [-0.05, 0) is 92.6 Å². The number of carbonyl (C=O) groups is 1. The molecular weight excluding hydrogens is 1030 g/mol. The first-order chi connectivity index (χ1) is 38.3. The fourth-order valence-electron chi connectivity index (χ4n) is 19.1. The minimum absolute atomic E-state index is 0.0169. The zero-order valence-corrected chi connectivity index (χ0v) is 47.7. The van der Waals surface area contributed by atoms with Crippen molar-refractivity contribution in [2.24, 2.45) is 29.6 Å². The Bertz CT molecular complexity index is 2390. The van der Waals surface area contributed by atoms with Gasteiger partial charge in [-0.3, -0.25) is 4.79 Å². The molecule has 0 aromatic rings. The lowest BCUT2D eigenvalue weighted by Gasteiger charge is -2.51. The molecule has 16 aliphatic heterocycles. The molecule has 12 bridgehead atoms. The molecule has 3 N–H and O–H groups in total. The van der Waals surface area contributed by atoms with Crippen molar-refractivity contribution in [3.63, 3.8) is 0 Å². The second-order valence-electron chi connectivity index (χ2n) is 28.7. The van der Waals surface area contributed by atoms with E-state index < -0.39 is 47.9 Å². The molecule has 0 aliphatic carbocycles. The third-order valence-corrected chi connectivity index (χ3v) is 22.8. The minimum Gasteiger partial charge on any atom is -0.394 e. The molecule has 1 unspecified atom stereocenters. The van der Waals surface area contributed by atoms with E-state index in [0.717, 1.165) is 49.7 Å². The van der Waals surface area contributed by atoms with Crippen molar-refractivity contribution in [3.8, 4) is 0 Å². The van der Waals surface area contributed by atoms with Gasteiger partial charge in [0.05, 0.1) is 116 Å². The van der Waals surface area contributed by atoms with Crippen molar-refractivity contribution in [1.29, 1.82) is 0 Å². The molecule has 0 amide bonds. The Labute approximate surface area is 471 Å². The molecule has 80 heavy (non-hydrogen) atoms. The second-order valence-corrected chi connectivity index (χ2v) is 28.7. The fraction of sp³-hybridized carbons (Fsp3) is 0.919. The van der Waals surface area contributed by atoms with Crippen molar-refractivity contribution in [2.45, 2.75) is 320 Å². The van der Waals surface area contributed by atoms with Gasteiger partial charge in [-0.1, -0.05) is 40.9 Å². The SMILES string of the molecule is C=C1C[C@@H]2CC[C@@]34C[C@]5(C)O[C@H]6[C@@H](O3)[C@H]3O[C@H](CC[C@@H]3O[C@H]6C5O4)CC(=O)C[C@@H]3[C@@H](C)[C@@H]4O[C@@H]5C[C@]6(C[C@@H]7O[C@]8(C[C@H](C)[C@@H]9O[C@H]([C@@H](O)C[C@@H](O)CO)C[C@@H]9O8)C[C@H](C)[C@@H]7O6)O[C@@H]5C[C@@H]4O[C@H]3C[C@H]3O[C@@H](CC[C@@H]1O2)C[C@@H](C)C3=C. The summed E-state index contributed by atoms with van der Waals surface area (Å²) in [6, 6.07) is 0. The molecule has 0 radical (unpaired) electrons. The number of carbonyl (C=O) groups excluding carboxylic acids is 1. The van der Waals surface area contributed by atoms with Crippen LogP contribution in [0, 0.1) is 29.6 Å². The molecule has 3 spiro atoms. The van der Waals surface area contributed by atoms with Crippen molar-refractivity contribution < 1.29 is 86.4 Å². The standard InChI is InChI=1S/C62H90O18/c1-28-14-36-8-10-41-29(2)15-38(67-41)12-13-60-27-59(7)58(80-60)57-56(77-59)55(79-60)54-42(71-57)11-9-37(69-54)16-34(64)17-39-33(6)53-47(70-44(39)19-43(68-36)32(28)5)21-46-49(73-53)24-62(74-46)25-50-52(78-62)31(4)23-61(76-50)22-30(3)51-48(75-61)20-45(72-51)40(66)18-35(65)26-63/h28,30-31,33,35-58,63,65-66H,2,5,8-27H2,1,3-4,6-7H3/t28-,30+,31+,33-,35-,36+,37-,38+,39-,40+,41+,42+,43-,44+,45+,46-,47+,48+,49-,50+,51+,52+,53+,54+,55+,56+,57-,58?,59+,60-,61-,62+/m1/s1. The Balaban J connectivity index is 0.658. The molecule has 16 heterocycles. The number of ether oxygens (including phenoxy) is 14. The van der Waals surface area contributed by atoms with E-state index in [9.17, 15) is 20.1 Å². The number of aliphatic hydroxyl groups is 3. The number of aliphatic hydroxyl groups excluding tert-OH is 3. The van der Waals surface area contributed by atoms with Gasteiger partial charge in [-0.2, -0.15) is 0 Å². The topological polar surface area (TPSA) is 207 Å². The molecule has 446 valence electrons. The Morgan fingerprint density at radius 3 is 2.10 bits per heavy atom. The number of hydrogen-bond acceptors (Lipinski definition) is 18. The van der Waals surface area contributed by atoms with E-state index in [-0.39, 0.29) is 170 Å². The first kappa shape index (κ1) is 55.1. The van der Waals surface area contributed by atoms with Gasteiger partial charge in [0.15, 0.2) is 17.4 Å². The molecule has 16 aliphatic rings. The second kappa shape index (κ2) is 20.3. The maximum absolute atomic E-state index is 14.8. The molecule has 16 fully saturated rings. The molecule has 0 saturated carbocycles. The monoisotopic (exact) mass is 1120 g/mol. The van der Waals surface area contributed by atoms with Crippen LogP contribution in [0.15, 0.2) is 24.3 Å². The number of ketones is 1. The predicted molar refractivity (Wildman–Crippen MR) is 282 cm³/mol. The number of rotatable bonds is 4. The maximum Gasteiger partial charge on any atom is 0.174 e. The Kier molecular flexibility index (Phi) is 14.0. The summed E-state index contributed by atoms with van der Waals surface area (Å²) in [5, 5.41) is 30.4. The zero-order chi connectivity index (χ0) is 54.9. The normalized spacial score (nSPS) is 57.7. The van der Waals surface area contributed by atoms with E-state index in [0.29, 0.717) is 70.6 Å². The molecule has 16 rings (SSSR count). The number of Topliss-reactive ketones (excluding diaryl/α,β-unsaturated/α-hetero) is 1. The Morgan fingerprint density at radius 1 is 0.550 bits per heavy atom. The summed E-state index contributed by atoms with van der Waals surface area (Å²) in [6.07, 6.45) is 4.82. The van der Waals surface area contributed by atoms with E-state index >= 15 is 0 Å². The molecule has 32 atom stereocenters. The van der Waals surface area contributed by atoms with Gasteiger partial charge in [0.1, 0.15) is 41.9 Å². The minimum atomic E-state index is -1.01. The third kappa shape index (κ3) is 9.38. The van der Waals surface area contributed by atoms with Gasteiger partial charge in [0.2, 0.25) is 0 Å². The highest BCUT2D eigenvalue weighted by molar-refractivity contribution is 5.79. The van der Waals surface area contributed by atoms with Gasteiger partial charge in [-0.15, -0.1) is 0 Å². The summed E-state index contributed by atoms with van der Waals surface area (Å²) < 4.78 is 97.9. The first-order valence-corrected chi connectivity index (χ1v) is 31.5. The molecular formula is C62H90O18. The quantitative estimate of drug-likeness (QED) is 0.277. The molecule has 0 aromatic carbocycles. The summed E-state index contributed by atoms with van der Waals surface area (Å²) in [4.78, 5) is 14.8. The summed E-state index contributed by atoms with van der Waals surface area (Å²) in [7, 11) is 0. The van der Waals surface area contributed by atoms with Crippen LogP contribution in [0.2, 0.25) is 0 Å². The fourth-order valence-corrected chi connectivity index (χ4v) is 19.1. The smallest absolute Gasteiger partial charge is 0.174 e. The van der Waals surface area contributed by atoms with Crippen LogP contribution in [-0.2, 0) is 71.1 Å². The Hall–Kier alpha value is -1.53. The first-order valence-electron chi connectivity index (χ1n) is 31.5. The average molecular weight is 1120 g/mol. The summed E-state index contributed by atoms with van der Waals surface area (Å²) in [5.41, 5.74) is 1.69. The summed E-state index contributed by atoms with van der Waals surface area (Å²) in [5.74, 6) is -2.10. The van der Waals surface area contributed by atoms with E-state index in [1.54, 1.807) is 0 Å². The summed E-state index contributed by atoms with van der Waals surface area (Å²) >= 11 is 0. The van der Waals surface area contributed by atoms with Crippen molar-refractivity contribution >= 4 is 5.78 Å². The number of fused-ring (bicyclic) bond motifs is 10. The van der Waals surface area contributed by atoms with Crippen LogP contribution in [0.3, 0.4) is 0 Å². The summed E-state index contributed by atoms with van der Waals surface area (Å²) in [6.45, 7) is 19.8. The zero-order valence-electron chi connectivity index (χ0n) is 47.7. The van der Waals surface area contributed by atoms with Crippen LogP contribution in [0.5, 0.6) is 0 Å². The van der Waals surface area contributed by atoms with Crippen LogP contribution in [0.25, 0.3) is 0 Å². The third-order valence-electron chi connectivity index (χ3n) is 22.8. The molecule has 16 saturated heterocycles. The predicted octanol–water partition coefficient (Wildman–Crippen LogP) is 5.98. The Morgan fingerprint density at radius 2 is 1.26 bits per heavy atom. The molecule has 0 aromatic heterocycles. The van der Waals surface area contributed by atoms with Crippen molar-refractivity contribution in [2.75, 3.05) is 6.61 Å². The van der Waals surface area contributed by atoms with Crippen LogP contribution in [0.1, 0.15) is 157 Å². The van der Waals surface area contributed by atoms with Gasteiger partial charge >= 0.3 is 0 Å².